The van der Waals surface area contributed by atoms with Crippen LogP contribution in [0, 0.1) is 0 Å². The molecule has 0 unspecified atom stereocenters. The number of fused-ring (bicyclic) bond motifs is 1. The molecule has 1 atom stereocenters. The summed E-state index contributed by atoms with van der Waals surface area (Å²) < 4.78 is 5.61. The molecule has 25 heavy (non-hydrogen) atoms. The molecule has 4 rings (SSSR count). The van der Waals surface area contributed by atoms with E-state index in [4.69, 9.17) is 4.42 Å². The number of nitrogens with one attached hydrogen (secondary N) is 1. The molecule has 1 fully saturated rings. The van der Waals surface area contributed by atoms with Gasteiger partial charge in [-0.2, -0.15) is 0 Å². The Hall–Kier alpha value is -2.75. The molecular formula is C21H22N2O2. The summed E-state index contributed by atoms with van der Waals surface area (Å²) in [6.07, 6.45) is 3.79. The summed E-state index contributed by atoms with van der Waals surface area (Å²) in [5.74, 6) is 0.102. The van der Waals surface area contributed by atoms with E-state index in [1.165, 1.54) is 24.9 Å². The van der Waals surface area contributed by atoms with E-state index in [1.807, 2.05) is 36.4 Å². The van der Waals surface area contributed by atoms with Crippen molar-refractivity contribution in [1.82, 2.24) is 0 Å². The van der Waals surface area contributed by atoms with Crippen molar-refractivity contribution in [3.8, 4) is 0 Å². The molecule has 0 bridgehead atoms. The number of para-hydroxylation sites is 1. The van der Waals surface area contributed by atoms with E-state index in [9.17, 15) is 4.79 Å². The van der Waals surface area contributed by atoms with Gasteiger partial charge in [0.25, 0.3) is 5.91 Å². The Morgan fingerprint density at radius 2 is 1.92 bits per heavy atom. The fourth-order valence-electron chi connectivity index (χ4n) is 3.50. The number of furan rings is 1. The lowest BCUT2D eigenvalue weighted by molar-refractivity contribution is 0.0998. The highest BCUT2D eigenvalue weighted by Crippen LogP contribution is 2.26. The molecule has 0 saturated carbocycles. The van der Waals surface area contributed by atoms with Gasteiger partial charge in [-0.25, -0.2) is 0 Å². The monoisotopic (exact) mass is 334 g/mol. The summed E-state index contributed by atoms with van der Waals surface area (Å²) in [4.78, 5) is 14.8. The van der Waals surface area contributed by atoms with Crippen molar-refractivity contribution in [2.75, 3.05) is 16.8 Å². The van der Waals surface area contributed by atoms with Gasteiger partial charge in [0.2, 0.25) is 0 Å². The van der Waals surface area contributed by atoms with Crippen molar-refractivity contribution in [3.05, 3.63) is 60.4 Å². The lowest BCUT2D eigenvalue weighted by Crippen LogP contribution is -2.37. The van der Waals surface area contributed by atoms with Gasteiger partial charge in [-0.15, -0.1) is 0 Å². The topological polar surface area (TPSA) is 45.5 Å². The second-order valence-electron chi connectivity index (χ2n) is 6.69. The van der Waals surface area contributed by atoms with Crippen LogP contribution in [0.15, 0.2) is 59.0 Å². The fourth-order valence-corrected chi connectivity index (χ4v) is 3.50. The number of rotatable bonds is 3. The number of nitrogens with zero attached hydrogens (tertiary/aromatic N) is 1. The van der Waals surface area contributed by atoms with Crippen LogP contribution < -0.4 is 10.2 Å². The van der Waals surface area contributed by atoms with Crippen molar-refractivity contribution in [2.45, 2.75) is 32.2 Å². The average Bonchev–Trinajstić information content (AvgIpc) is 3.07. The summed E-state index contributed by atoms with van der Waals surface area (Å²) in [6.45, 7) is 3.38. The molecule has 0 aliphatic carbocycles. The molecule has 0 radical (unpaired) electrons. The third-order valence-corrected chi connectivity index (χ3v) is 4.91. The number of hydrogen-bond acceptors (Lipinski definition) is 3. The zero-order valence-corrected chi connectivity index (χ0v) is 14.4. The molecule has 4 nitrogen and oxygen atoms in total. The molecule has 1 N–H and O–H groups in total. The summed E-state index contributed by atoms with van der Waals surface area (Å²) >= 11 is 0. The molecule has 0 spiro atoms. The fraction of sp³-hybridized carbons (Fsp3) is 0.286. The standard InChI is InChI=1S/C21H22N2O2/c1-15-6-4-5-13-23(15)18-11-9-17(10-12-18)22-21(24)20-14-16-7-2-3-8-19(16)25-20/h2-3,7-12,14-15H,4-6,13H2,1H3,(H,22,24)/t15-/m1/s1. The van der Waals surface area contributed by atoms with Crippen molar-refractivity contribution in [2.24, 2.45) is 0 Å². The van der Waals surface area contributed by atoms with Gasteiger partial charge in [0.05, 0.1) is 0 Å². The smallest absolute Gasteiger partial charge is 0.291 e. The zero-order chi connectivity index (χ0) is 17.2. The highest BCUT2D eigenvalue weighted by atomic mass is 16.3. The predicted octanol–water partition coefficient (Wildman–Crippen LogP) is 5.06. The average molecular weight is 334 g/mol. The maximum absolute atomic E-state index is 12.4. The third kappa shape index (κ3) is 3.25. The van der Waals surface area contributed by atoms with Crippen LogP contribution in [0.4, 0.5) is 11.4 Å². The number of anilines is 2. The minimum absolute atomic E-state index is 0.227. The first-order valence-electron chi connectivity index (χ1n) is 8.87. The first-order valence-corrected chi connectivity index (χ1v) is 8.87. The van der Waals surface area contributed by atoms with E-state index in [2.05, 4.69) is 29.3 Å². The van der Waals surface area contributed by atoms with Crippen LogP contribution in [0.5, 0.6) is 0 Å². The van der Waals surface area contributed by atoms with Crippen LogP contribution in [0.2, 0.25) is 0 Å². The molecule has 2 aromatic carbocycles. The van der Waals surface area contributed by atoms with Gasteiger partial charge >= 0.3 is 0 Å². The third-order valence-electron chi connectivity index (χ3n) is 4.91. The van der Waals surface area contributed by atoms with E-state index < -0.39 is 0 Å². The van der Waals surface area contributed by atoms with Crippen molar-refractivity contribution in [1.29, 1.82) is 0 Å². The van der Waals surface area contributed by atoms with E-state index >= 15 is 0 Å². The molecule has 1 saturated heterocycles. The Kier molecular flexibility index (Phi) is 4.18. The second kappa shape index (κ2) is 6.63. The van der Waals surface area contributed by atoms with E-state index in [1.54, 1.807) is 6.07 Å². The number of carbonyl (C=O) groups is 1. The Bertz CT molecular complexity index is 849. The quantitative estimate of drug-likeness (QED) is 0.728. The highest BCUT2D eigenvalue weighted by Gasteiger charge is 2.18. The first kappa shape index (κ1) is 15.8. The van der Waals surface area contributed by atoms with E-state index in [0.717, 1.165) is 23.2 Å². The van der Waals surface area contributed by atoms with Crippen LogP contribution in [-0.2, 0) is 0 Å². The Morgan fingerprint density at radius 1 is 1.12 bits per heavy atom. The van der Waals surface area contributed by atoms with Gasteiger partial charge in [0.15, 0.2) is 5.76 Å². The van der Waals surface area contributed by atoms with Crippen molar-refractivity contribution < 1.29 is 9.21 Å². The number of benzene rings is 2. The summed E-state index contributed by atoms with van der Waals surface area (Å²) in [5.41, 5.74) is 2.72. The number of hydrogen-bond donors (Lipinski definition) is 1. The van der Waals surface area contributed by atoms with Crippen LogP contribution in [0.1, 0.15) is 36.7 Å². The van der Waals surface area contributed by atoms with Crippen LogP contribution in [0.3, 0.4) is 0 Å². The van der Waals surface area contributed by atoms with Crippen LogP contribution in [-0.4, -0.2) is 18.5 Å². The van der Waals surface area contributed by atoms with Gasteiger partial charge in [-0.3, -0.25) is 4.79 Å². The van der Waals surface area contributed by atoms with Crippen molar-refractivity contribution >= 4 is 28.3 Å². The molecule has 3 aromatic rings. The van der Waals surface area contributed by atoms with Crippen molar-refractivity contribution in [3.63, 3.8) is 0 Å². The molecule has 1 aliphatic heterocycles. The molecule has 128 valence electrons. The Labute approximate surface area is 147 Å². The minimum Gasteiger partial charge on any atom is -0.451 e. The first-order chi connectivity index (χ1) is 12.2. The Morgan fingerprint density at radius 3 is 2.68 bits per heavy atom. The molecule has 4 heteroatoms. The van der Waals surface area contributed by atoms with Gasteiger partial charge in [0.1, 0.15) is 5.58 Å². The molecule has 1 aliphatic rings. The summed E-state index contributed by atoms with van der Waals surface area (Å²) in [6, 6.07) is 18.0. The van der Waals surface area contributed by atoms with Gasteiger partial charge in [-0.05, 0) is 62.6 Å². The molecular weight excluding hydrogens is 312 g/mol. The predicted molar refractivity (Wildman–Crippen MR) is 101 cm³/mol. The second-order valence-corrected chi connectivity index (χ2v) is 6.69. The lowest BCUT2D eigenvalue weighted by Gasteiger charge is -2.35. The number of piperidine rings is 1. The van der Waals surface area contributed by atoms with Gasteiger partial charge in [-0.1, -0.05) is 18.2 Å². The maximum atomic E-state index is 12.4. The normalized spacial score (nSPS) is 17.6. The molecule has 2 heterocycles. The van der Waals surface area contributed by atoms with E-state index in [0.29, 0.717) is 11.8 Å². The lowest BCUT2D eigenvalue weighted by atomic mass is 10.0. The summed E-state index contributed by atoms with van der Waals surface area (Å²) in [7, 11) is 0. The SMILES string of the molecule is C[C@@H]1CCCCN1c1ccc(NC(=O)c2cc3ccccc3o2)cc1. The van der Waals surface area contributed by atoms with Gasteiger partial charge < -0.3 is 14.6 Å². The number of amides is 1. The van der Waals surface area contributed by atoms with Gasteiger partial charge in [0, 0.05) is 29.3 Å². The largest absolute Gasteiger partial charge is 0.451 e. The number of carbonyl (C=O) groups excluding carboxylic acids is 1. The minimum atomic E-state index is -0.227. The molecule has 1 aromatic heterocycles. The van der Waals surface area contributed by atoms with Crippen LogP contribution >= 0.6 is 0 Å². The molecule has 1 amide bonds. The maximum Gasteiger partial charge on any atom is 0.291 e. The highest BCUT2D eigenvalue weighted by molar-refractivity contribution is 6.04. The Balaban J connectivity index is 1.47. The summed E-state index contributed by atoms with van der Waals surface area (Å²) in [5, 5.41) is 3.84. The van der Waals surface area contributed by atoms with E-state index in [-0.39, 0.29) is 5.91 Å². The van der Waals surface area contributed by atoms with Crippen LogP contribution in [0.25, 0.3) is 11.0 Å². The zero-order valence-electron chi connectivity index (χ0n) is 14.4.